The first-order chi connectivity index (χ1) is 11.8. The molecule has 0 N–H and O–H groups in total. The summed E-state index contributed by atoms with van der Waals surface area (Å²) in [5.41, 5.74) is 0.454. The molecule has 0 unspecified atom stereocenters. The van der Waals surface area contributed by atoms with Gasteiger partial charge < -0.3 is 19.3 Å². The van der Waals surface area contributed by atoms with Gasteiger partial charge in [0, 0.05) is 38.7 Å². The summed E-state index contributed by atoms with van der Waals surface area (Å²) in [7, 11) is 1.52. The summed E-state index contributed by atoms with van der Waals surface area (Å²) < 4.78 is 11.1. The highest BCUT2D eigenvalue weighted by Gasteiger charge is 2.25. The molecule has 1 aliphatic rings. The Hall–Kier alpha value is -1.95. The van der Waals surface area contributed by atoms with E-state index in [4.69, 9.17) is 21.1 Å². The third kappa shape index (κ3) is 4.78. The quantitative estimate of drug-likeness (QED) is 0.801. The molecule has 1 aromatic rings. The predicted octanol–water partition coefficient (Wildman–Crippen LogP) is 2.69. The third-order valence-corrected chi connectivity index (χ3v) is 4.33. The van der Waals surface area contributed by atoms with Crippen LogP contribution in [0.2, 0.25) is 5.02 Å². The fourth-order valence-electron chi connectivity index (χ4n) is 2.64. The summed E-state index contributed by atoms with van der Waals surface area (Å²) >= 11 is 6.32. The fourth-order valence-corrected chi connectivity index (χ4v) is 2.91. The van der Waals surface area contributed by atoms with Crippen LogP contribution in [0, 0.1) is 5.92 Å². The minimum atomic E-state index is -0.126. The zero-order chi connectivity index (χ0) is 18.6. The summed E-state index contributed by atoms with van der Waals surface area (Å²) in [6.07, 6.45) is 0. The summed E-state index contributed by atoms with van der Waals surface area (Å²) in [6, 6.07) is 3.26. The molecule has 0 aromatic heterocycles. The maximum absolute atomic E-state index is 12.7. The summed E-state index contributed by atoms with van der Waals surface area (Å²) in [5, 5.41) is 0.353. The maximum Gasteiger partial charge on any atom is 0.254 e. The van der Waals surface area contributed by atoms with Gasteiger partial charge in [-0.2, -0.15) is 0 Å². The van der Waals surface area contributed by atoms with Gasteiger partial charge in [0.2, 0.25) is 5.91 Å². The Morgan fingerprint density at radius 1 is 1.16 bits per heavy atom. The van der Waals surface area contributed by atoms with Gasteiger partial charge in [-0.3, -0.25) is 9.59 Å². The summed E-state index contributed by atoms with van der Waals surface area (Å²) in [5.74, 6) is 1.15. The van der Waals surface area contributed by atoms with E-state index in [1.54, 1.807) is 21.9 Å². The van der Waals surface area contributed by atoms with Crippen LogP contribution in [-0.4, -0.2) is 61.5 Å². The van der Waals surface area contributed by atoms with Crippen molar-refractivity contribution in [2.24, 2.45) is 5.92 Å². The third-order valence-electron chi connectivity index (χ3n) is 4.05. The minimum absolute atomic E-state index is 0.0310. The number of benzene rings is 1. The van der Waals surface area contributed by atoms with Gasteiger partial charge in [0.15, 0.2) is 11.5 Å². The molecule has 6 nitrogen and oxygen atoms in total. The zero-order valence-corrected chi connectivity index (χ0v) is 15.9. The van der Waals surface area contributed by atoms with E-state index in [0.29, 0.717) is 60.8 Å². The van der Waals surface area contributed by atoms with E-state index in [9.17, 15) is 9.59 Å². The lowest BCUT2D eigenvalue weighted by Crippen LogP contribution is -2.50. The van der Waals surface area contributed by atoms with Crippen molar-refractivity contribution < 1.29 is 19.1 Å². The topological polar surface area (TPSA) is 59.1 Å². The van der Waals surface area contributed by atoms with Crippen molar-refractivity contribution in [3.8, 4) is 11.5 Å². The van der Waals surface area contributed by atoms with Gasteiger partial charge in [0.05, 0.1) is 18.7 Å². The molecule has 1 aliphatic heterocycles. The molecule has 0 bridgehead atoms. The second-order valence-corrected chi connectivity index (χ2v) is 6.90. The largest absolute Gasteiger partial charge is 0.493 e. The number of halogens is 1. The first-order valence-corrected chi connectivity index (χ1v) is 8.76. The summed E-state index contributed by atoms with van der Waals surface area (Å²) in [4.78, 5) is 27.6. The number of methoxy groups -OCH3 is 1. The Morgan fingerprint density at radius 3 is 2.28 bits per heavy atom. The highest BCUT2D eigenvalue weighted by molar-refractivity contribution is 6.32. The van der Waals surface area contributed by atoms with Crippen molar-refractivity contribution in [1.82, 2.24) is 9.80 Å². The van der Waals surface area contributed by atoms with Crippen LogP contribution in [0.3, 0.4) is 0 Å². The molecular weight excluding hydrogens is 344 g/mol. The highest BCUT2D eigenvalue weighted by Crippen LogP contribution is 2.37. The Bertz CT molecular complexity index is 640. The number of carbonyl (C=O) groups excluding carboxylic acids is 2. The second-order valence-electron chi connectivity index (χ2n) is 6.49. The van der Waals surface area contributed by atoms with E-state index in [1.807, 2.05) is 13.8 Å². The number of rotatable bonds is 5. The molecule has 0 aliphatic carbocycles. The van der Waals surface area contributed by atoms with Crippen LogP contribution >= 0.6 is 11.6 Å². The molecule has 0 saturated carbocycles. The van der Waals surface area contributed by atoms with Gasteiger partial charge in [-0.25, -0.2) is 0 Å². The van der Waals surface area contributed by atoms with Crippen LogP contribution in [0.5, 0.6) is 11.5 Å². The standard InChI is InChI=1S/C18H25ClN2O4/c1-12(2)11-25-17-15(19)9-14(10-16(17)24-4)18(23)21-7-5-20(6-8-21)13(3)22/h9-10,12H,5-8,11H2,1-4H3. The molecule has 0 radical (unpaired) electrons. The first-order valence-electron chi connectivity index (χ1n) is 8.38. The minimum Gasteiger partial charge on any atom is -0.493 e. The monoisotopic (exact) mass is 368 g/mol. The number of amides is 2. The second kappa shape index (κ2) is 8.43. The average molecular weight is 369 g/mol. The molecule has 2 amide bonds. The van der Waals surface area contributed by atoms with Crippen LogP contribution in [0.1, 0.15) is 31.1 Å². The van der Waals surface area contributed by atoms with Crippen LogP contribution < -0.4 is 9.47 Å². The SMILES string of the molecule is COc1cc(C(=O)N2CCN(C(C)=O)CC2)cc(Cl)c1OCC(C)C. The van der Waals surface area contributed by atoms with Crippen molar-refractivity contribution in [1.29, 1.82) is 0 Å². The van der Waals surface area contributed by atoms with E-state index in [1.165, 1.54) is 14.0 Å². The number of nitrogens with zero attached hydrogens (tertiary/aromatic N) is 2. The van der Waals surface area contributed by atoms with Gasteiger partial charge in [-0.05, 0) is 18.1 Å². The van der Waals surface area contributed by atoms with E-state index >= 15 is 0 Å². The van der Waals surface area contributed by atoms with Gasteiger partial charge >= 0.3 is 0 Å². The lowest BCUT2D eigenvalue weighted by molar-refractivity contribution is -0.130. The zero-order valence-electron chi connectivity index (χ0n) is 15.2. The molecule has 7 heteroatoms. The van der Waals surface area contributed by atoms with Crippen LogP contribution in [0.25, 0.3) is 0 Å². The Labute approximate surface area is 153 Å². The van der Waals surface area contributed by atoms with Crippen molar-refractivity contribution in [3.63, 3.8) is 0 Å². The molecule has 1 aromatic carbocycles. The molecule has 2 rings (SSSR count). The normalized spacial score (nSPS) is 14.6. The number of hydrogen-bond acceptors (Lipinski definition) is 4. The lowest BCUT2D eigenvalue weighted by atomic mass is 10.1. The predicted molar refractivity (Wildman–Crippen MR) is 96.5 cm³/mol. The van der Waals surface area contributed by atoms with E-state index < -0.39 is 0 Å². The maximum atomic E-state index is 12.7. The smallest absolute Gasteiger partial charge is 0.254 e. The molecule has 1 heterocycles. The molecule has 138 valence electrons. The number of piperazine rings is 1. The Morgan fingerprint density at radius 2 is 1.76 bits per heavy atom. The van der Waals surface area contributed by atoms with Crippen LogP contribution in [0.4, 0.5) is 0 Å². The van der Waals surface area contributed by atoms with Crippen molar-refractivity contribution in [2.45, 2.75) is 20.8 Å². The fraction of sp³-hybridized carbons (Fsp3) is 0.556. The molecule has 0 atom stereocenters. The van der Waals surface area contributed by atoms with E-state index in [0.717, 1.165) is 0 Å². The Kier molecular flexibility index (Phi) is 6.53. The van der Waals surface area contributed by atoms with Crippen molar-refractivity contribution >= 4 is 23.4 Å². The lowest BCUT2D eigenvalue weighted by Gasteiger charge is -2.34. The molecular formula is C18H25ClN2O4. The highest BCUT2D eigenvalue weighted by atomic mass is 35.5. The average Bonchev–Trinajstić information content (AvgIpc) is 2.59. The van der Waals surface area contributed by atoms with Crippen molar-refractivity contribution in [2.75, 3.05) is 39.9 Å². The molecule has 0 spiro atoms. The van der Waals surface area contributed by atoms with Crippen LogP contribution in [-0.2, 0) is 4.79 Å². The Balaban J connectivity index is 2.15. The van der Waals surface area contributed by atoms with Crippen molar-refractivity contribution in [3.05, 3.63) is 22.7 Å². The van der Waals surface area contributed by atoms with Crippen LogP contribution in [0.15, 0.2) is 12.1 Å². The van der Waals surface area contributed by atoms with Gasteiger partial charge in [-0.1, -0.05) is 25.4 Å². The first kappa shape index (κ1) is 19.4. The number of carbonyl (C=O) groups is 2. The number of hydrogen-bond donors (Lipinski definition) is 0. The van der Waals surface area contributed by atoms with Gasteiger partial charge in [-0.15, -0.1) is 0 Å². The molecule has 1 saturated heterocycles. The molecule has 25 heavy (non-hydrogen) atoms. The summed E-state index contributed by atoms with van der Waals surface area (Å²) in [6.45, 7) is 8.23. The number of ether oxygens (including phenoxy) is 2. The van der Waals surface area contributed by atoms with Gasteiger partial charge in [0.1, 0.15) is 0 Å². The van der Waals surface area contributed by atoms with E-state index in [2.05, 4.69) is 0 Å². The van der Waals surface area contributed by atoms with E-state index in [-0.39, 0.29) is 11.8 Å². The molecule has 1 fully saturated rings. The van der Waals surface area contributed by atoms with Gasteiger partial charge in [0.25, 0.3) is 5.91 Å².